The molecule has 6 heteroatoms. The molecule has 0 bridgehead atoms. The number of hydrogen-bond donors (Lipinski definition) is 1. The maximum atomic E-state index is 10.6. The summed E-state index contributed by atoms with van der Waals surface area (Å²) in [6.07, 6.45) is -0.223. The summed E-state index contributed by atoms with van der Waals surface area (Å²) in [5.41, 5.74) is 0.525. The van der Waals surface area contributed by atoms with Gasteiger partial charge in [-0.05, 0) is 6.07 Å². The van der Waals surface area contributed by atoms with E-state index in [1.807, 2.05) is 0 Å². The minimum absolute atomic E-state index is 0.223. The highest BCUT2D eigenvalue weighted by atomic mass is 35.5. The summed E-state index contributed by atoms with van der Waals surface area (Å²) >= 11 is 5.93. The monoisotopic (exact) mass is 241 g/mol. The molecule has 5 nitrogen and oxygen atoms in total. The Bertz CT molecular complexity index is 549. The maximum absolute atomic E-state index is 10.6. The van der Waals surface area contributed by atoms with E-state index < -0.39 is 5.97 Å². The zero-order valence-electron chi connectivity index (χ0n) is 8.36. The van der Waals surface area contributed by atoms with Crippen LogP contribution in [0.2, 0.25) is 5.02 Å². The van der Waals surface area contributed by atoms with Crippen LogP contribution < -0.4 is 4.74 Å². The minimum Gasteiger partial charge on any atom is -0.495 e. The molecule has 0 atom stereocenters. The number of benzene rings is 1. The van der Waals surface area contributed by atoms with Gasteiger partial charge in [-0.15, -0.1) is 0 Å². The van der Waals surface area contributed by atoms with Gasteiger partial charge in [0.15, 0.2) is 5.76 Å². The lowest BCUT2D eigenvalue weighted by Crippen LogP contribution is -1.98. The highest BCUT2D eigenvalue weighted by Crippen LogP contribution is 2.31. The fraction of sp³-hybridized carbons (Fsp3) is 0.200. The van der Waals surface area contributed by atoms with E-state index in [-0.39, 0.29) is 12.2 Å². The predicted octanol–water partition coefficient (Wildman–Crippen LogP) is 2.12. The molecule has 2 aromatic rings. The molecule has 1 aromatic heterocycles. The zero-order chi connectivity index (χ0) is 11.7. The van der Waals surface area contributed by atoms with E-state index in [1.165, 1.54) is 7.11 Å². The first-order valence-electron chi connectivity index (χ1n) is 4.45. The van der Waals surface area contributed by atoms with Crippen LogP contribution in [0.25, 0.3) is 10.9 Å². The molecule has 84 valence electrons. The number of nitrogens with zero attached hydrogens (tertiary/aromatic N) is 1. The van der Waals surface area contributed by atoms with Crippen LogP contribution in [-0.2, 0) is 11.2 Å². The van der Waals surface area contributed by atoms with E-state index in [0.29, 0.717) is 21.7 Å². The van der Waals surface area contributed by atoms with Crippen LogP contribution in [0.3, 0.4) is 0 Å². The molecule has 0 saturated carbocycles. The van der Waals surface area contributed by atoms with Crippen LogP contribution in [0.4, 0.5) is 0 Å². The van der Waals surface area contributed by atoms with Gasteiger partial charge in [-0.2, -0.15) is 0 Å². The summed E-state index contributed by atoms with van der Waals surface area (Å²) in [4.78, 5) is 10.6. The lowest BCUT2D eigenvalue weighted by atomic mass is 10.2. The first kappa shape index (κ1) is 10.8. The molecule has 0 unspecified atom stereocenters. The van der Waals surface area contributed by atoms with E-state index >= 15 is 0 Å². The molecule has 16 heavy (non-hydrogen) atoms. The smallest absolute Gasteiger partial charge is 0.311 e. The van der Waals surface area contributed by atoms with Crippen LogP contribution in [0.15, 0.2) is 16.7 Å². The number of carboxylic acids is 1. The van der Waals surface area contributed by atoms with Gasteiger partial charge in [0.2, 0.25) is 0 Å². The van der Waals surface area contributed by atoms with Gasteiger partial charge in [-0.25, -0.2) is 0 Å². The number of rotatable bonds is 3. The molecular weight excluding hydrogens is 234 g/mol. The summed E-state index contributed by atoms with van der Waals surface area (Å²) < 4.78 is 9.95. The van der Waals surface area contributed by atoms with E-state index in [2.05, 4.69) is 5.16 Å². The van der Waals surface area contributed by atoms with Gasteiger partial charge in [0.1, 0.15) is 17.7 Å². The third kappa shape index (κ3) is 1.81. The van der Waals surface area contributed by atoms with Crippen LogP contribution in [0, 0.1) is 0 Å². The lowest BCUT2D eigenvalue weighted by Gasteiger charge is -2.01. The number of fused-ring (bicyclic) bond motifs is 1. The minimum atomic E-state index is -0.981. The van der Waals surface area contributed by atoms with Crippen molar-refractivity contribution in [2.45, 2.75) is 6.42 Å². The zero-order valence-corrected chi connectivity index (χ0v) is 9.11. The quantitative estimate of drug-likeness (QED) is 0.891. The normalized spacial score (nSPS) is 10.6. The number of aliphatic carboxylic acids is 1. The second-order valence-corrected chi connectivity index (χ2v) is 3.59. The highest BCUT2D eigenvalue weighted by molar-refractivity contribution is 6.32. The number of methoxy groups -OCH3 is 1. The van der Waals surface area contributed by atoms with Crippen molar-refractivity contribution in [1.29, 1.82) is 0 Å². The van der Waals surface area contributed by atoms with Gasteiger partial charge in [0.05, 0.1) is 12.1 Å². The van der Waals surface area contributed by atoms with Crippen molar-refractivity contribution in [3.05, 3.63) is 22.9 Å². The largest absolute Gasteiger partial charge is 0.495 e. The van der Waals surface area contributed by atoms with E-state index in [1.54, 1.807) is 12.1 Å². The average molecular weight is 242 g/mol. The molecule has 1 aromatic carbocycles. The van der Waals surface area contributed by atoms with Crippen LogP contribution >= 0.6 is 11.6 Å². The number of ether oxygens (including phenoxy) is 1. The van der Waals surface area contributed by atoms with E-state index in [4.69, 9.17) is 26.0 Å². The first-order chi connectivity index (χ1) is 7.61. The highest BCUT2D eigenvalue weighted by Gasteiger charge is 2.14. The molecule has 0 radical (unpaired) electrons. The molecule has 0 fully saturated rings. The fourth-order valence-corrected chi connectivity index (χ4v) is 1.66. The van der Waals surface area contributed by atoms with Crippen LogP contribution in [-0.4, -0.2) is 23.3 Å². The van der Waals surface area contributed by atoms with Crippen molar-refractivity contribution in [2.24, 2.45) is 0 Å². The Morgan fingerprint density at radius 3 is 3.00 bits per heavy atom. The van der Waals surface area contributed by atoms with Crippen molar-refractivity contribution in [2.75, 3.05) is 7.11 Å². The Hall–Kier alpha value is -1.75. The standard InChI is InChI=1S/C10H8ClNO4/c1-15-9-3-7-5(2-6(9)11)8(16-12-7)4-10(13)14/h2-3H,4H2,1H3,(H,13,14). The second-order valence-electron chi connectivity index (χ2n) is 3.18. The molecule has 0 amide bonds. The summed E-state index contributed by atoms with van der Waals surface area (Å²) in [6, 6.07) is 3.19. The molecule has 2 rings (SSSR count). The fourth-order valence-electron chi connectivity index (χ4n) is 1.42. The SMILES string of the molecule is COc1cc2noc(CC(=O)O)c2cc1Cl. The van der Waals surface area contributed by atoms with Crippen LogP contribution in [0.5, 0.6) is 5.75 Å². The Balaban J connectivity index is 2.55. The van der Waals surface area contributed by atoms with Gasteiger partial charge in [0.25, 0.3) is 0 Å². The third-order valence-electron chi connectivity index (χ3n) is 2.14. The van der Waals surface area contributed by atoms with E-state index in [0.717, 1.165) is 0 Å². The van der Waals surface area contributed by atoms with Crippen molar-refractivity contribution in [1.82, 2.24) is 5.16 Å². The Labute approximate surface area is 95.5 Å². The summed E-state index contributed by atoms with van der Waals surface area (Å²) in [5.74, 6) is -0.221. The average Bonchev–Trinajstić information content (AvgIpc) is 2.59. The molecule has 0 spiro atoms. The predicted molar refractivity (Wildman–Crippen MR) is 56.9 cm³/mol. The number of halogens is 1. The van der Waals surface area contributed by atoms with Crippen molar-refractivity contribution < 1.29 is 19.2 Å². The van der Waals surface area contributed by atoms with Gasteiger partial charge in [-0.3, -0.25) is 4.79 Å². The van der Waals surface area contributed by atoms with Crippen molar-refractivity contribution in [3.8, 4) is 5.75 Å². The topological polar surface area (TPSA) is 72.6 Å². The van der Waals surface area contributed by atoms with Gasteiger partial charge >= 0.3 is 5.97 Å². The van der Waals surface area contributed by atoms with E-state index in [9.17, 15) is 4.79 Å². The molecule has 0 saturated heterocycles. The number of carboxylic acid groups (broad SMARTS) is 1. The summed E-state index contributed by atoms with van der Waals surface area (Å²) in [6.45, 7) is 0. The molecule has 1 heterocycles. The molecule has 1 N–H and O–H groups in total. The van der Waals surface area contributed by atoms with Crippen molar-refractivity contribution >= 4 is 28.5 Å². The first-order valence-corrected chi connectivity index (χ1v) is 4.83. The van der Waals surface area contributed by atoms with Gasteiger partial charge < -0.3 is 14.4 Å². The molecule has 0 aliphatic rings. The van der Waals surface area contributed by atoms with Gasteiger partial charge in [-0.1, -0.05) is 16.8 Å². The van der Waals surface area contributed by atoms with Crippen molar-refractivity contribution in [3.63, 3.8) is 0 Å². The lowest BCUT2D eigenvalue weighted by molar-refractivity contribution is -0.136. The summed E-state index contributed by atoms with van der Waals surface area (Å²) in [5, 5.41) is 13.4. The maximum Gasteiger partial charge on any atom is 0.311 e. The third-order valence-corrected chi connectivity index (χ3v) is 2.43. The second kappa shape index (κ2) is 4.02. The molecule has 0 aliphatic heterocycles. The summed E-state index contributed by atoms with van der Waals surface area (Å²) in [7, 11) is 1.49. The molecule has 0 aliphatic carbocycles. The number of hydrogen-bond acceptors (Lipinski definition) is 4. The number of aromatic nitrogens is 1. The Kier molecular flexibility index (Phi) is 2.70. The molecular formula is C10H8ClNO4. The number of carbonyl (C=O) groups is 1. The van der Waals surface area contributed by atoms with Crippen LogP contribution in [0.1, 0.15) is 5.76 Å². The Morgan fingerprint density at radius 2 is 2.38 bits per heavy atom. The Morgan fingerprint density at radius 1 is 1.62 bits per heavy atom. The van der Waals surface area contributed by atoms with Gasteiger partial charge in [0, 0.05) is 11.5 Å².